The van der Waals surface area contributed by atoms with E-state index in [9.17, 15) is 4.79 Å². The number of nitrogens with one attached hydrogen (secondary N) is 1. The third-order valence-electron chi connectivity index (χ3n) is 10.8. The molecule has 40 heavy (non-hydrogen) atoms. The van der Waals surface area contributed by atoms with Gasteiger partial charge in [0.2, 0.25) is 11.8 Å². The van der Waals surface area contributed by atoms with Crippen LogP contribution in [0.3, 0.4) is 0 Å². The van der Waals surface area contributed by atoms with Crippen LogP contribution >= 0.6 is 0 Å². The molecule has 6 aliphatic rings. The van der Waals surface area contributed by atoms with Crippen molar-refractivity contribution in [3.05, 3.63) is 41.3 Å². The first-order chi connectivity index (χ1) is 19.6. The monoisotopic (exact) mass is 541 g/mol. The maximum Gasteiger partial charge on any atom is 0.258 e. The van der Waals surface area contributed by atoms with Crippen molar-refractivity contribution in [3.63, 3.8) is 0 Å². The predicted molar refractivity (Wildman–Crippen MR) is 149 cm³/mol. The highest BCUT2D eigenvalue weighted by Gasteiger charge is 2.52. The second kappa shape index (κ2) is 9.52. The number of anilines is 1. The Morgan fingerprint density at radius 3 is 2.20 bits per heavy atom. The van der Waals surface area contributed by atoms with Gasteiger partial charge in [-0.05, 0) is 107 Å². The second-order valence-corrected chi connectivity index (χ2v) is 13.6. The summed E-state index contributed by atoms with van der Waals surface area (Å²) in [5, 5.41) is 12.0. The van der Waals surface area contributed by atoms with E-state index in [1.165, 1.54) is 19.3 Å². The van der Waals surface area contributed by atoms with Gasteiger partial charge in [0.15, 0.2) is 11.6 Å². The van der Waals surface area contributed by atoms with E-state index < -0.39 is 0 Å². The van der Waals surface area contributed by atoms with Gasteiger partial charge in [0.05, 0.1) is 0 Å². The van der Waals surface area contributed by atoms with Crippen LogP contribution in [0, 0.1) is 11.3 Å². The average Bonchev–Trinajstić information content (AvgIpc) is 3.94. The molecule has 0 atom stereocenters. The van der Waals surface area contributed by atoms with Crippen LogP contribution in [0.5, 0.6) is 0 Å². The molecule has 210 valence electrons. The molecule has 3 aromatic rings. The molecule has 1 N–H and O–H groups in total. The molecule has 8 nitrogen and oxygen atoms in total. The Balaban J connectivity index is 1.08. The number of fused-ring (bicyclic) bond motifs is 3. The summed E-state index contributed by atoms with van der Waals surface area (Å²) >= 11 is 0. The lowest BCUT2D eigenvalue weighted by Crippen LogP contribution is -2.45. The minimum atomic E-state index is 0.0328. The summed E-state index contributed by atoms with van der Waals surface area (Å²) in [5.74, 6) is 4.42. The Kier molecular flexibility index (Phi) is 5.89. The molecule has 6 fully saturated rings. The molecule has 0 unspecified atom stereocenters. The van der Waals surface area contributed by atoms with Crippen LogP contribution in [-0.2, 0) is 16.6 Å². The van der Waals surface area contributed by atoms with E-state index in [1.54, 1.807) is 0 Å². The zero-order valence-corrected chi connectivity index (χ0v) is 23.3. The highest BCUT2D eigenvalue weighted by Crippen LogP contribution is 2.59. The van der Waals surface area contributed by atoms with Gasteiger partial charge in [-0.25, -0.2) is 0 Å². The Morgan fingerprint density at radius 1 is 0.825 bits per heavy atom. The second-order valence-electron chi connectivity index (χ2n) is 13.6. The number of amides is 1. The number of nitrogens with zero attached hydrogens (tertiary/aromatic N) is 4. The number of rotatable bonds is 8. The van der Waals surface area contributed by atoms with Crippen molar-refractivity contribution in [2.45, 2.75) is 120 Å². The van der Waals surface area contributed by atoms with Crippen molar-refractivity contribution in [1.29, 1.82) is 0 Å². The number of carbonyl (C=O) groups is 1. The number of carbonyl (C=O) groups excluding carboxylic acids is 1. The van der Waals surface area contributed by atoms with Crippen molar-refractivity contribution in [2.24, 2.45) is 11.3 Å². The SMILES string of the molecule is O=C(Nc1cccc(-c2nc(C3CC3)no2)c1CC12CCC(c3nc(C4CC4)no3)(CC1)CC2)C1CCCCC1. The van der Waals surface area contributed by atoms with Gasteiger partial charge in [-0.1, -0.05) is 35.6 Å². The number of benzene rings is 1. The molecule has 6 aliphatic carbocycles. The van der Waals surface area contributed by atoms with E-state index in [0.29, 0.717) is 17.7 Å². The lowest BCUT2D eigenvalue weighted by atomic mass is 9.52. The molecule has 1 amide bonds. The molecule has 0 radical (unpaired) electrons. The van der Waals surface area contributed by atoms with Crippen molar-refractivity contribution >= 4 is 11.6 Å². The molecule has 2 bridgehead atoms. The van der Waals surface area contributed by atoms with Crippen LogP contribution < -0.4 is 5.32 Å². The largest absolute Gasteiger partial charge is 0.339 e. The summed E-state index contributed by atoms with van der Waals surface area (Å²) in [4.78, 5) is 23.1. The quantitative estimate of drug-likeness (QED) is 0.321. The molecular weight excluding hydrogens is 502 g/mol. The zero-order valence-electron chi connectivity index (χ0n) is 23.3. The van der Waals surface area contributed by atoms with Crippen LogP contribution in [-0.4, -0.2) is 26.2 Å². The Morgan fingerprint density at radius 2 is 1.50 bits per heavy atom. The van der Waals surface area contributed by atoms with E-state index in [4.69, 9.17) is 19.0 Å². The summed E-state index contributed by atoms with van der Waals surface area (Å²) in [7, 11) is 0. The first kappa shape index (κ1) is 24.7. The molecule has 6 saturated carbocycles. The van der Waals surface area contributed by atoms with Crippen LogP contribution in [0.1, 0.15) is 131 Å². The first-order valence-corrected chi connectivity index (χ1v) is 15.7. The van der Waals surface area contributed by atoms with Gasteiger partial charge >= 0.3 is 0 Å². The number of hydrogen-bond acceptors (Lipinski definition) is 7. The van der Waals surface area contributed by atoms with Gasteiger partial charge in [0, 0.05) is 34.4 Å². The van der Waals surface area contributed by atoms with E-state index in [2.05, 4.69) is 27.8 Å². The van der Waals surface area contributed by atoms with Crippen LogP contribution in [0.4, 0.5) is 5.69 Å². The highest BCUT2D eigenvalue weighted by atomic mass is 16.5. The third-order valence-corrected chi connectivity index (χ3v) is 10.8. The fourth-order valence-corrected chi connectivity index (χ4v) is 7.73. The molecule has 8 heteroatoms. The highest BCUT2D eigenvalue weighted by molar-refractivity contribution is 5.94. The molecule has 0 aliphatic heterocycles. The van der Waals surface area contributed by atoms with E-state index >= 15 is 0 Å². The fourth-order valence-electron chi connectivity index (χ4n) is 7.73. The van der Waals surface area contributed by atoms with Crippen LogP contribution in [0.2, 0.25) is 0 Å². The summed E-state index contributed by atoms with van der Waals surface area (Å²) in [6.45, 7) is 0. The fraction of sp³-hybridized carbons (Fsp3) is 0.656. The smallest absolute Gasteiger partial charge is 0.258 e. The maximum atomic E-state index is 13.4. The van der Waals surface area contributed by atoms with Crippen LogP contribution in [0.25, 0.3) is 11.5 Å². The van der Waals surface area contributed by atoms with Gasteiger partial charge < -0.3 is 14.4 Å². The standard InChI is InChI=1S/C32H39N5O3/c38-28(22-5-2-1-3-6-22)33-25-8-4-7-23(29-34-26(36-39-29)20-9-10-20)24(25)19-31-13-16-32(17-14-31,18-15-31)30-35-27(37-40-30)21-11-12-21/h4,7-8,20-22H,1-3,5-6,9-19H2,(H,33,38). The topological polar surface area (TPSA) is 107 Å². The first-order valence-electron chi connectivity index (χ1n) is 15.7. The van der Waals surface area contributed by atoms with Gasteiger partial charge in [-0.15, -0.1) is 0 Å². The molecular formula is C32H39N5O3. The number of hydrogen-bond donors (Lipinski definition) is 1. The molecule has 9 rings (SSSR count). The summed E-state index contributed by atoms with van der Waals surface area (Å²) in [6.07, 6.45) is 17.7. The van der Waals surface area contributed by atoms with Crippen LogP contribution in [0.15, 0.2) is 27.2 Å². The van der Waals surface area contributed by atoms with Crippen molar-refractivity contribution < 1.29 is 13.8 Å². The number of aromatic nitrogens is 4. The lowest BCUT2D eigenvalue weighted by molar-refractivity contribution is -0.120. The van der Waals surface area contributed by atoms with Crippen molar-refractivity contribution in [1.82, 2.24) is 20.3 Å². The van der Waals surface area contributed by atoms with Crippen molar-refractivity contribution in [3.8, 4) is 11.5 Å². The summed E-state index contributed by atoms with van der Waals surface area (Å²) in [6, 6.07) is 6.19. The minimum Gasteiger partial charge on any atom is -0.339 e. The Hall–Kier alpha value is -3.03. The van der Waals surface area contributed by atoms with Gasteiger partial charge in [0.1, 0.15) is 0 Å². The normalized spacial score (nSPS) is 28.6. The minimum absolute atomic E-state index is 0.0328. The predicted octanol–water partition coefficient (Wildman–Crippen LogP) is 7.23. The maximum absolute atomic E-state index is 13.4. The Labute approximate surface area is 235 Å². The van der Waals surface area contributed by atoms with Gasteiger partial charge in [-0.3, -0.25) is 4.79 Å². The zero-order chi connectivity index (χ0) is 26.7. The lowest BCUT2D eigenvalue weighted by Gasteiger charge is -2.52. The average molecular weight is 542 g/mol. The molecule has 1 aromatic carbocycles. The molecule has 2 heterocycles. The Bertz CT molecular complexity index is 1390. The third kappa shape index (κ3) is 4.47. The van der Waals surface area contributed by atoms with E-state index in [1.807, 2.05) is 6.07 Å². The van der Waals surface area contributed by atoms with E-state index in [-0.39, 0.29) is 22.7 Å². The van der Waals surface area contributed by atoms with Gasteiger partial charge in [0.25, 0.3) is 5.89 Å². The molecule has 0 spiro atoms. The van der Waals surface area contributed by atoms with Crippen molar-refractivity contribution in [2.75, 3.05) is 5.32 Å². The van der Waals surface area contributed by atoms with E-state index in [0.717, 1.165) is 118 Å². The summed E-state index contributed by atoms with van der Waals surface area (Å²) in [5.41, 5.74) is 3.26. The molecule has 2 aromatic heterocycles. The molecule has 0 saturated heterocycles. The summed E-state index contributed by atoms with van der Waals surface area (Å²) < 4.78 is 11.7. The van der Waals surface area contributed by atoms with Gasteiger partial charge in [-0.2, -0.15) is 9.97 Å².